The molecule has 3 aromatic rings. The van der Waals surface area contributed by atoms with Gasteiger partial charge in [-0.25, -0.2) is 4.79 Å². The van der Waals surface area contributed by atoms with Crippen LogP contribution in [0.3, 0.4) is 0 Å². The number of carbonyl (C=O) groups is 2. The highest BCUT2D eigenvalue weighted by Crippen LogP contribution is 2.31. The van der Waals surface area contributed by atoms with Gasteiger partial charge in [-0.05, 0) is 42.5 Å². The monoisotopic (exact) mass is 434 g/mol. The van der Waals surface area contributed by atoms with Crippen LogP contribution in [0, 0.1) is 0 Å². The molecule has 0 radical (unpaired) electrons. The Morgan fingerprint density at radius 1 is 0.781 bits per heavy atom. The van der Waals surface area contributed by atoms with E-state index in [1.54, 1.807) is 42.5 Å². The predicted octanol–water partition coefficient (Wildman–Crippen LogP) is 3.96. The van der Waals surface area contributed by atoms with Gasteiger partial charge in [0.25, 0.3) is 0 Å². The van der Waals surface area contributed by atoms with Crippen LogP contribution in [0.1, 0.15) is 20.7 Å². The summed E-state index contributed by atoms with van der Waals surface area (Å²) in [4.78, 5) is 25.0. The maximum Gasteiger partial charge on any atom is 0.342 e. The van der Waals surface area contributed by atoms with Crippen molar-refractivity contribution >= 4 is 11.8 Å². The largest absolute Gasteiger partial charge is 0.490 e. The molecule has 3 aromatic carbocycles. The number of Topliss-reactive ketones (excluding diaryl/α,β-unsaturated/α-hetero) is 1. The second kappa shape index (κ2) is 10.3. The molecule has 1 aliphatic rings. The fourth-order valence-corrected chi connectivity index (χ4v) is 3.10. The highest BCUT2D eigenvalue weighted by molar-refractivity contribution is 6.00. The summed E-state index contributed by atoms with van der Waals surface area (Å²) in [6.45, 7) is 1.06. The first kappa shape index (κ1) is 21.2. The summed E-state index contributed by atoms with van der Waals surface area (Å²) in [6, 6.07) is 21.0. The third kappa shape index (κ3) is 5.37. The van der Waals surface area contributed by atoms with Crippen molar-refractivity contribution in [1.29, 1.82) is 0 Å². The van der Waals surface area contributed by atoms with Gasteiger partial charge in [0.15, 0.2) is 23.9 Å². The SMILES string of the molecule is O=C(COC(=O)c1ccccc1OCCOc1ccccc1)c1ccc2c(c1)OCCO2. The number of esters is 1. The molecular formula is C25H22O7. The molecule has 0 aromatic heterocycles. The molecule has 0 spiro atoms. The molecule has 7 heteroatoms. The lowest BCUT2D eigenvalue weighted by atomic mass is 10.1. The number of para-hydroxylation sites is 2. The summed E-state index contributed by atoms with van der Waals surface area (Å²) in [5, 5.41) is 0. The smallest absolute Gasteiger partial charge is 0.342 e. The number of benzene rings is 3. The van der Waals surface area contributed by atoms with Crippen molar-refractivity contribution in [1.82, 2.24) is 0 Å². The van der Waals surface area contributed by atoms with Gasteiger partial charge in [-0.1, -0.05) is 30.3 Å². The zero-order chi connectivity index (χ0) is 22.2. The van der Waals surface area contributed by atoms with E-state index in [-0.39, 0.29) is 18.0 Å². The van der Waals surface area contributed by atoms with Crippen molar-refractivity contribution in [2.75, 3.05) is 33.0 Å². The van der Waals surface area contributed by atoms with E-state index in [2.05, 4.69) is 0 Å². The molecule has 164 valence electrons. The molecule has 0 saturated heterocycles. The Morgan fingerprint density at radius 2 is 1.50 bits per heavy atom. The zero-order valence-corrected chi connectivity index (χ0v) is 17.3. The zero-order valence-electron chi connectivity index (χ0n) is 17.3. The van der Waals surface area contributed by atoms with Crippen molar-refractivity contribution in [3.63, 3.8) is 0 Å². The van der Waals surface area contributed by atoms with Crippen LogP contribution in [0.5, 0.6) is 23.0 Å². The van der Waals surface area contributed by atoms with Crippen molar-refractivity contribution in [2.24, 2.45) is 0 Å². The van der Waals surface area contributed by atoms with Gasteiger partial charge in [0, 0.05) is 5.56 Å². The lowest BCUT2D eigenvalue weighted by molar-refractivity contribution is 0.0470. The summed E-state index contributed by atoms with van der Waals surface area (Å²) >= 11 is 0. The van der Waals surface area contributed by atoms with Crippen LogP contribution in [0.4, 0.5) is 0 Å². The molecule has 0 bridgehead atoms. The summed E-state index contributed by atoms with van der Waals surface area (Å²) in [5.41, 5.74) is 0.617. The van der Waals surface area contributed by atoms with E-state index in [4.69, 9.17) is 23.7 Å². The van der Waals surface area contributed by atoms with Gasteiger partial charge in [-0.15, -0.1) is 0 Å². The maximum atomic E-state index is 12.6. The van der Waals surface area contributed by atoms with Crippen LogP contribution in [0.25, 0.3) is 0 Å². The van der Waals surface area contributed by atoms with Crippen LogP contribution >= 0.6 is 0 Å². The van der Waals surface area contributed by atoms with Crippen molar-refractivity contribution in [3.8, 4) is 23.0 Å². The number of carbonyl (C=O) groups excluding carboxylic acids is 2. The van der Waals surface area contributed by atoms with Crippen LogP contribution in [-0.2, 0) is 4.74 Å². The quantitative estimate of drug-likeness (QED) is 0.287. The molecule has 0 saturated carbocycles. The summed E-state index contributed by atoms with van der Waals surface area (Å²) < 4.78 is 27.5. The number of ether oxygens (including phenoxy) is 5. The number of fused-ring (bicyclic) bond motifs is 1. The highest BCUT2D eigenvalue weighted by Gasteiger charge is 2.18. The van der Waals surface area contributed by atoms with Gasteiger partial charge in [-0.3, -0.25) is 4.79 Å². The molecule has 0 unspecified atom stereocenters. The molecule has 1 heterocycles. The van der Waals surface area contributed by atoms with Crippen LogP contribution in [-0.4, -0.2) is 44.8 Å². The van der Waals surface area contributed by atoms with Crippen molar-refractivity contribution in [3.05, 3.63) is 83.9 Å². The van der Waals surface area contributed by atoms with E-state index in [0.29, 0.717) is 42.6 Å². The second-order valence-electron chi connectivity index (χ2n) is 6.86. The molecule has 1 aliphatic heterocycles. The molecule has 32 heavy (non-hydrogen) atoms. The average Bonchev–Trinajstić information content (AvgIpc) is 2.85. The van der Waals surface area contributed by atoms with Gasteiger partial charge >= 0.3 is 5.97 Å². The molecular weight excluding hydrogens is 412 g/mol. The Morgan fingerprint density at radius 3 is 2.34 bits per heavy atom. The Hall–Kier alpha value is -4.00. The van der Waals surface area contributed by atoms with Crippen LogP contribution in [0.2, 0.25) is 0 Å². The Kier molecular flexibility index (Phi) is 6.87. The predicted molar refractivity (Wildman–Crippen MR) is 116 cm³/mol. The van der Waals surface area contributed by atoms with E-state index < -0.39 is 12.6 Å². The number of hydrogen-bond acceptors (Lipinski definition) is 7. The van der Waals surface area contributed by atoms with Crippen LogP contribution < -0.4 is 18.9 Å². The molecule has 0 amide bonds. The van der Waals surface area contributed by atoms with Gasteiger partial charge in [0.05, 0.1) is 0 Å². The summed E-state index contributed by atoms with van der Waals surface area (Å²) in [6.07, 6.45) is 0. The number of rotatable bonds is 9. The fourth-order valence-electron chi connectivity index (χ4n) is 3.10. The van der Waals surface area contributed by atoms with Gasteiger partial charge in [-0.2, -0.15) is 0 Å². The van der Waals surface area contributed by atoms with E-state index in [9.17, 15) is 9.59 Å². The van der Waals surface area contributed by atoms with Crippen LogP contribution in [0.15, 0.2) is 72.8 Å². The molecule has 0 atom stereocenters. The van der Waals surface area contributed by atoms with E-state index in [1.165, 1.54) is 0 Å². The summed E-state index contributed by atoms with van der Waals surface area (Å²) in [7, 11) is 0. The van der Waals surface area contributed by atoms with E-state index in [0.717, 1.165) is 5.75 Å². The van der Waals surface area contributed by atoms with Crippen molar-refractivity contribution < 1.29 is 33.3 Å². The minimum absolute atomic E-state index is 0.238. The van der Waals surface area contributed by atoms with E-state index >= 15 is 0 Å². The minimum atomic E-state index is -0.643. The lowest BCUT2D eigenvalue weighted by Gasteiger charge is -2.18. The Bertz CT molecular complexity index is 1080. The first-order valence-electron chi connectivity index (χ1n) is 10.2. The number of hydrogen-bond donors (Lipinski definition) is 0. The van der Waals surface area contributed by atoms with Crippen molar-refractivity contribution in [2.45, 2.75) is 0 Å². The third-order valence-corrected chi connectivity index (χ3v) is 4.66. The molecule has 0 fully saturated rings. The Labute approximate surface area is 185 Å². The van der Waals surface area contributed by atoms with Gasteiger partial charge in [0.1, 0.15) is 43.5 Å². The molecule has 0 N–H and O–H groups in total. The first-order chi connectivity index (χ1) is 15.7. The second-order valence-corrected chi connectivity index (χ2v) is 6.86. The third-order valence-electron chi connectivity index (χ3n) is 4.66. The van der Waals surface area contributed by atoms with E-state index in [1.807, 2.05) is 30.3 Å². The standard InChI is InChI=1S/C25H22O7/c26-21(18-10-11-23-24(16-18)31-15-14-30-23)17-32-25(27)20-8-4-5-9-22(20)29-13-12-28-19-6-2-1-3-7-19/h1-11,16H,12-15,17H2. The topological polar surface area (TPSA) is 80.3 Å². The maximum absolute atomic E-state index is 12.6. The Balaban J connectivity index is 1.31. The van der Waals surface area contributed by atoms with Gasteiger partial charge < -0.3 is 23.7 Å². The fraction of sp³-hybridized carbons (Fsp3) is 0.200. The molecule has 7 nitrogen and oxygen atoms in total. The normalized spacial score (nSPS) is 12.0. The molecule has 4 rings (SSSR count). The molecule has 0 aliphatic carbocycles. The highest BCUT2D eigenvalue weighted by atomic mass is 16.6. The average molecular weight is 434 g/mol. The first-order valence-corrected chi connectivity index (χ1v) is 10.2. The lowest BCUT2D eigenvalue weighted by Crippen LogP contribution is -2.18. The number of ketones is 1. The van der Waals surface area contributed by atoms with Gasteiger partial charge in [0.2, 0.25) is 0 Å². The summed E-state index contributed by atoms with van der Waals surface area (Å²) in [5.74, 6) is 1.21. The minimum Gasteiger partial charge on any atom is -0.490 e.